The number of halogens is 3. The number of aliphatic carboxylic acids is 1. The van der Waals surface area contributed by atoms with Gasteiger partial charge in [-0.1, -0.05) is 65.7 Å². The van der Waals surface area contributed by atoms with Crippen LogP contribution in [0.15, 0.2) is 71.6 Å². The summed E-state index contributed by atoms with van der Waals surface area (Å²) in [6.07, 6.45) is 5.92. The summed E-state index contributed by atoms with van der Waals surface area (Å²) >= 11 is 12.9. The molecule has 0 bridgehead atoms. The van der Waals surface area contributed by atoms with E-state index in [0.717, 1.165) is 23.6 Å². The van der Waals surface area contributed by atoms with Crippen LogP contribution in [0.1, 0.15) is 57.2 Å². The van der Waals surface area contributed by atoms with Gasteiger partial charge >= 0.3 is 5.97 Å². The number of nitrogens with one attached hydrogen (secondary N) is 1. The molecule has 0 saturated carbocycles. The largest absolute Gasteiger partial charge is 0.481 e. The Balaban J connectivity index is 0.00000142. The van der Waals surface area contributed by atoms with Crippen LogP contribution in [0, 0.1) is 11.7 Å². The lowest BCUT2D eigenvalue weighted by atomic mass is 9.88. The number of fused-ring (bicyclic) bond motifs is 1. The molecule has 4 rings (SSSR count). The number of aryl methyl sites for hydroxylation is 1. The van der Waals surface area contributed by atoms with Gasteiger partial charge in [-0.05, 0) is 111 Å². The molecule has 0 aliphatic heterocycles. The lowest BCUT2D eigenvalue weighted by Gasteiger charge is -2.31. The predicted octanol–water partition coefficient (Wildman–Crippen LogP) is 7.55. The van der Waals surface area contributed by atoms with E-state index in [0.29, 0.717) is 22.6 Å². The first-order valence-electron chi connectivity index (χ1n) is 15.6. The number of carboxylic acids is 1. The van der Waals surface area contributed by atoms with Gasteiger partial charge in [-0.25, -0.2) is 12.8 Å². The van der Waals surface area contributed by atoms with E-state index in [9.17, 15) is 22.7 Å². The van der Waals surface area contributed by atoms with Gasteiger partial charge in [-0.3, -0.25) is 4.79 Å². The van der Waals surface area contributed by atoms with Gasteiger partial charge in [0.1, 0.15) is 10.7 Å². The lowest BCUT2D eigenvalue weighted by molar-refractivity contribution is -0.136. The Bertz CT molecular complexity index is 1630. The van der Waals surface area contributed by atoms with Crippen LogP contribution < -0.4 is 5.32 Å². The van der Waals surface area contributed by atoms with E-state index >= 15 is 0 Å². The Hall–Kier alpha value is -2.79. The fourth-order valence-corrected chi connectivity index (χ4v) is 8.20. The molecule has 11 heteroatoms. The SMILES string of the molecule is C/C=C\C.CN(CC(O)CNC(C)(C)CC1Cc2ccccc2C1)S(=O)(=O)c1c(Cl)cc(-c2cc(F)ccc2CCC(=O)O)cc1Cl. The number of carbonyl (C=O) groups is 1. The van der Waals surface area contributed by atoms with Gasteiger partial charge in [0.2, 0.25) is 10.0 Å². The van der Waals surface area contributed by atoms with Gasteiger partial charge in [-0.2, -0.15) is 4.31 Å². The highest BCUT2D eigenvalue weighted by molar-refractivity contribution is 7.89. The third kappa shape index (κ3) is 10.9. The van der Waals surface area contributed by atoms with Crippen molar-refractivity contribution in [3.8, 4) is 11.1 Å². The predicted molar refractivity (Wildman–Crippen MR) is 188 cm³/mol. The number of rotatable bonds is 13. The number of benzene rings is 3. The van der Waals surface area contributed by atoms with Crippen LogP contribution in [0.4, 0.5) is 4.39 Å². The Labute approximate surface area is 288 Å². The van der Waals surface area contributed by atoms with Crippen molar-refractivity contribution >= 4 is 39.2 Å². The number of hydrogen-bond acceptors (Lipinski definition) is 5. The number of nitrogens with zero attached hydrogens (tertiary/aromatic N) is 1. The zero-order valence-corrected chi connectivity index (χ0v) is 29.9. The molecule has 0 aromatic heterocycles. The fraction of sp³-hybridized carbons (Fsp3) is 0.417. The second-order valence-electron chi connectivity index (χ2n) is 12.6. The van der Waals surface area contributed by atoms with E-state index in [1.54, 1.807) is 0 Å². The highest BCUT2D eigenvalue weighted by atomic mass is 35.5. The maximum Gasteiger partial charge on any atom is 0.303 e. The van der Waals surface area contributed by atoms with E-state index in [1.165, 1.54) is 48.5 Å². The minimum absolute atomic E-state index is 0.139. The van der Waals surface area contributed by atoms with Crippen LogP contribution in [0.5, 0.6) is 0 Å². The molecule has 47 heavy (non-hydrogen) atoms. The summed E-state index contributed by atoms with van der Waals surface area (Å²) in [5.74, 6) is -1.05. The van der Waals surface area contributed by atoms with Gasteiger partial charge in [-0.15, -0.1) is 0 Å². The van der Waals surface area contributed by atoms with E-state index in [-0.39, 0.29) is 46.4 Å². The second-order valence-corrected chi connectivity index (χ2v) is 15.4. The van der Waals surface area contributed by atoms with Gasteiger partial charge < -0.3 is 15.5 Å². The van der Waals surface area contributed by atoms with Crippen molar-refractivity contribution in [1.82, 2.24) is 9.62 Å². The molecular weight excluding hydrogens is 662 g/mol. The second kappa shape index (κ2) is 17.0. The van der Waals surface area contributed by atoms with E-state index in [1.807, 2.05) is 26.0 Å². The maximum atomic E-state index is 14.1. The molecule has 3 aromatic rings. The van der Waals surface area contributed by atoms with E-state index < -0.39 is 27.9 Å². The molecule has 1 unspecified atom stereocenters. The van der Waals surface area contributed by atoms with Crippen molar-refractivity contribution in [2.45, 2.75) is 76.3 Å². The molecule has 3 aromatic carbocycles. The van der Waals surface area contributed by atoms with Crippen LogP contribution in [0.3, 0.4) is 0 Å². The summed E-state index contributed by atoms with van der Waals surface area (Å²) in [6.45, 7) is 8.15. The van der Waals surface area contributed by atoms with Crippen molar-refractivity contribution in [1.29, 1.82) is 0 Å². The molecule has 0 saturated heterocycles. The molecule has 1 aliphatic rings. The van der Waals surface area contributed by atoms with Crippen LogP contribution in [0.2, 0.25) is 10.0 Å². The number of hydrogen-bond donors (Lipinski definition) is 3. The van der Waals surface area contributed by atoms with Crippen LogP contribution in [-0.2, 0) is 34.1 Å². The molecule has 0 spiro atoms. The lowest BCUT2D eigenvalue weighted by Crippen LogP contribution is -2.47. The first-order chi connectivity index (χ1) is 22.1. The monoisotopic (exact) mass is 706 g/mol. The van der Waals surface area contributed by atoms with Crippen molar-refractivity contribution in [2.75, 3.05) is 20.1 Å². The maximum absolute atomic E-state index is 14.1. The molecule has 0 amide bonds. The van der Waals surface area contributed by atoms with Gasteiger partial charge in [0.25, 0.3) is 0 Å². The number of sulfonamides is 1. The van der Waals surface area contributed by atoms with Crippen molar-refractivity contribution in [3.05, 3.63) is 99.3 Å². The van der Waals surface area contributed by atoms with Crippen molar-refractivity contribution in [3.63, 3.8) is 0 Å². The highest BCUT2D eigenvalue weighted by Crippen LogP contribution is 2.38. The van der Waals surface area contributed by atoms with Crippen molar-refractivity contribution in [2.24, 2.45) is 5.92 Å². The number of allylic oxidation sites excluding steroid dienone is 2. The quantitative estimate of drug-likeness (QED) is 0.159. The molecular formula is C36H45Cl2FN2O5S. The Morgan fingerprint density at radius 1 is 1.06 bits per heavy atom. The van der Waals surface area contributed by atoms with Crippen LogP contribution >= 0.6 is 23.2 Å². The first-order valence-corrected chi connectivity index (χ1v) is 17.8. The summed E-state index contributed by atoms with van der Waals surface area (Å²) < 4.78 is 42.1. The van der Waals surface area contributed by atoms with E-state index in [4.69, 9.17) is 28.3 Å². The zero-order chi connectivity index (χ0) is 34.9. The molecule has 256 valence electrons. The highest BCUT2D eigenvalue weighted by Gasteiger charge is 2.31. The van der Waals surface area contributed by atoms with Gasteiger partial charge in [0.15, 0.2) is 0 Å². The third-order valence-electron chi connectivity index (χ3n) is 8.21. The Kier molecular flexibility index (Phi) is 14.0. The first kappa shape index (κ1) is 38.7. The number of likely N-dealkylation sites (N-methyl/N-ethyl adjacent to an activating group) is 1. The van der Waals surface area contributed by atoms with Crippen LogP contribution in [-0.4, -0.2) is 60.7 Å². The fourth-order valence-electron chi connectivity index (χ4n) is 5.84. The standard InChI is InChI=1S/C32H37Cl2FN2O5S.C4H8/c1-32(2,17-20-12-22-6-4-5-7-23(22)13-20)36-18-26(38)19-37(3)43(41,42)31-28(33)14-24(15-29(31)34)27-16-25(35)10-8-21(27)9-11-30(39)40;1-3-4-2/h4-8,10,14-16,20,26,36,38H,9,11-13,17-19H2,1-3H3,(H,39,40);3-4H,1-2H3/b;4-3-. The minimum atomic E-state index is -4.21. The summed E-state index contributed by atoms with van der Waals surface area (Å²) in [7, 11) is -2.86. The molecule has 3 N–H and O–H groups in total. The summed E-state index contributed by atoms with van der Waals surface area (Å²) in [5, 5.41) is 22.9. The smallest absolute Gasteiger partial charge is 0.303 e. The Morgan fingerprint density at radius 3 is 2.17 bits per heavy atom. The average Bonchev–Trinajstić information content (AvgIpc) is 3.40. The van der Waals surface area contributed by atoms with Crippen molar-refractivity contribution < 1.29 is 27.8 Å². The zero-order valence-electron chi connectivity index (χ0n) is 27.6. The third-order valence-corrected chi connectivity index (χ3v) is 11.0. The number of aliphatic hydroxyl groups is 1. The summed E-state index contributed by atoms with van der Waals surface area (Å²) in [6, 6.07) is 15.1. The Morgan fingerprint density at radius 2 is 1.64 bits per heavy atom. The molecule has 1 atom stereocenters. The summed E-state index contributed by atoms with van der Waals surface area (Å²) in [5.41, 5.74) is 3.78. The molecule has 0 fully saturated rings. The minimum Gasteiger partial charge on any atom is -0.481 e. The van der Waals surface area contributed by atoms with Gasteiger partial charge in [0, 0.05) is 32.1 Å². The number of carboxylic acid groups (broad SMARTS) is 1. The molecule has 7 nitrogen and oxygen atoms in total. The average molecular weight is 708 g/mol. The molecule has 1 aliphatic carbocycles. The van der Waals surface area contributed by atoms with E-state index in [2.05, 4.69) is 43.4 Å². The summed E-state index contributed by atoms with van der Waals surface area (Å²) in [4.78, 5) is 10.8. The molecule has 0 radical (unpaired) electrons. The van der Waals surface area contributed by atoms with Gasteiger partial charge in [0.05, 0.1) is 16.1 Å². The number of β-amino-alcohol motifs (C(OH)–C–C–N with tert-alkyl or cyclic N) is 1. The normalized spacial score (nSPS) is 14.3. The topological polar surface area (TPSA) is 107 Å². The van der Waals surface area contributed by atoms with Crippen LogP contribution in [0.25, 0.3) is 11.1 Å². The molecule has 0 heterocycles. The number of aliphatic hydroxyl groups excluding tert-OH is 1.